The summed E-state index contributed by atoms with van der Waals surface area (Å²) < 4.78 is -0.00676. The number of aliphatic imine (C=N–C) groups is 3. The summed E-state index contributed by atoms with van der Waals surface area (Å²) in [4.78, 5) is 13.2. The second kappa shape index (κ2) is 5.02. The largest absolute Gasteiger partial charge is 0.395 e. The summed E-state index contributed by atoms with van der Waals surface area (Å²) in [7, 11) is -0.263. The van der Waals surface area contributed by atoms with Crippen LogP contribution in [-0.2, 0) is 0 Å². The number of nitrogens with zero attached hydrogens (tertiary/aromatic N) is 3. The zero-order chi connectivity index (χ0) is 14.1. The molecule has 0 saturated carbocycles. The van der Waals surface area contributed by atoms with Gasteiger partial charge in [0.15, 0.2) is 0 Å². The average Bonchev–Trinajstić information content (AvgIpc) is 2.26. The first-order valence-corrected chi connectivity index (χ1v) is 6.75. The standard InChI is InChI=1S/C13H20N4S/c1-8-10(15-5)9(14)11(16-6)12(17-7)18(8)13(2,3)4/h5-7,14H2,1-4H3. The van der Waals surface area contributed by atoms with E-state index in [0.717, 1.165) is 9.89 Å². The fourth-order valence-corrected chi connectivity index (χ4v) is 4.65. The van der Waals surface area contributed by atoms with Crippen molar-refractivity contribution in [2.75, 3.05) is 0 Å². The molecule has 0 radical (unpaired) electrons. The fraction of sp³-hybridized carbons (Fsp3) is 0.385. The van der Waals surface area contributed by atoms with E-state index in [1.54, 1.807) is 0 Å². The van der Waals surface area contributed by atoms with Gasteiger partial charge in [0.05, 0.1) is 11.4 Å². The topological polar surface area (TPSA) is 63.1 Å². The maximum Gasteiger partial charge on any atom is 0.119 e. The normalized spacial score (nSPS) is 21.1. The molecule has 0 bridgehead atoms. The van der Waals surface area contributed by atoms with Crippen molar-refractivity contribution >= 4 is 35.5 Å². The van der Waals surface area contributed by atoms with E-state index in [1.807, 2.05) is 6.92 Å². The van der Waals surface area contributed by atoms with Crippen LogP contribution in [0.15, 0.2) is 37.1 Å². The van der Waals surface area contributed by atoms with Crippen LogP contribution in [0, 0.1) is 0 Å². The maximum atomic E-state index is 6.06. The van der Waals surface area contributed by atoms with Crippen molar-refractivity contribution in [3.8, 4) is 0 Å². The van der Waals surface area contributed by atoms with Gasteiger partial charge >= 0.3 is 0 Å². The maximum absolute atomic E-state index is 6.06. The Balaban J connectivity index is 3.81. The molecule has 98 valence electrons. The molecule has 4 nitrogen and oxygen atoms in total. The molecule has 0 aromatic rings. The lowest BCUT2D eigenvalue weighted by atomic mass is 10.2. The van der Waals surface area contributed by atoms with Crippen molar-refractivity contribution in [1.82, 2.24) is 0 Å². The molecule has 0 aromatic carbocycles. The molecule has 0 aliphatic carbocycles. The van der Waals surface area contributed by atoms with Crippen LogP contribution < -0.4 is 5.73 Å². The fourth-order valence-electron chi connectivity index (χ4n) is 1.99. The summed E-state index contributed by atoms with van der Waals surface area (Å²) in [6.45, 7) is 19.2. The summed E-state index contributed by atoms with van der Waals surface area (Å²) in [5, 5.41) is 0.792. The third-order valence-corrected chi connectivity index (χ3v) is 5.36. The van der Waals surface area contributed by atoms with Crippen molar-refractivity contribution < 1.29 is 0 Å². The van der Waals surface area contributed by atoms with Crippen LogP contribution in [0.25, 0.3) is 0 Å². The van der Waals surface area contributed by atoms with Gasteiger partial charge in [0.2, 0.25) is 0 Å². The van der Waals surface area contributed by atoms with Crippen molar-refractivity contribution in [2.24, 2.45) is 20.7 Å². The lowest BCUT2D eigenvalue weighted by molar-refractivity contribution is 0.803. The number of nitrogens with two attached hydrogens (primary N) is 1. The first kappa shape index (κ1) is 14.6. The molecule has 1 heterocycles. The Morgan fingerprint density at radius 1 is 1.00 bits per heavy atom. The van der Waals surface area contributed by atoms with Crippen LogP contribution in [-0.4, -0.2) is 29.8 Å². The Hall–Kier alpha value is -1.49. The number of hydrogen-bond acceptors (Lipinski definition) is 4. The first-order chi connectivity index (χ1) is 8.29. The highest BCUT2D eigenvalue weighted by Gasteiger charge is 2.30. The van der Waals surface area contributed by atoms with Crippen molar-refractivity contribution in [1.29, 1.82) is 0 Å². The highest BCUT2D eigenvalue weighted by atomic mass is 32.2. The van der Waals surface area contributed by atoms with E-state index in [4.69, 9.17) is 5.73 Å². The molecule has 1 aliphatic heterocycles. The van der Waals surface area contributed by atoms with E-state index in [-0.39, 0.29) is 15.2 Å². The number of hydrogen-bond donors (Lipinski definition) is 1. The summed E-state index contributed by atoms with van der Waals surface area (Å²) in [6.07, 6.45) is 0. The average molecular weight is 264 g/mol. The highest BCUT2D eigenvalue weighted by Crippen LogP contribution is 2.47. The van der Waals surface area contributed by atoms with Crippen molar-refractivity contribution in [3.05, 3.63) is 22.1 Å². The van der Waals surface area contributed by atoms with Gasteiger partial charge in [-0.1, -0.05) is 20.8 Å². The Bertz CT molecular complexity index is 516. The van der Waals surface area contributed by atoms with Gasteiger partial charge in [-0.05, 0) is 27.1 Å². The third kappa shape index (κ3) is 2.22. The molecule has 1 atom stereocenters. The van der Waals surface area contributed by atoms with Crippen molar-refractivity contribution in [3.63, 3.8) is 0 Å². The predicted molar refractivity (Wildman–Crippen MR) is 84.9 cm³/mol. The van der Waals surface area contributed by atoms with Gasteiger partial charge in [0.25, 0.3) is 0 Å². The number of rotatable bonds is 3. The van der Waals surface area contributed by atoms with Gasteiger partial charge in [-0.25, -0.2) is 0 Å². The lowest BCUT2D eigenvalue weighted by Gasteiger charge is -2.31. The first-order valence-electron chi connectivity index (χ1n) is 5.52. The summed E-state index contributed by atoms with van der Waals surface area (Å²) in [5.74, 6) is 0. The molecular weight excluding hydrogens is 244 g/mol. The van der Waals surface area contributed by atoms with E-state index in [0.29, 0.717) is 17.1 Å². The molecule has 0 saturated heterocycles. The summed E-state index contributed by atoms with van der Waals surface area (Å²) >= 11 is 0. The van der Waals surface area contributed by atoms with E-state index in [1.165, 1.54) is 0 Å². The van der Waals surface area contributed by atoms with Gasteiger partial charge in [-0.2, -0.15) is 0 Å². The number of allylic oxidation sites excluding steroid dienone is 1. The minimum Gasteiger partial charge on any atom is -0.395 e. The Kier molecular flexibility index (Phi) is 4.06. The molecule has 0 fully saturated rings. The zero-order valence-electron chi connectivity index (χ0n) is 11.4. The molecule has 18 heavy (non-hydrogen) atoms. The second-order valence-corrected chi connectivity index (χ2v) is 7.70. The van der Waals surface area contributed by atoms with Crippen LogP contribution in [0.3, 0.4) is 0 Å². The summed E-state index contributed by atoms with van der Waals surface area (Å²) in [5.41, 5.74) is 7.81. The van der Waals surface area contributed by atoms with E-state index in [2.05, 4.69) is 55.9 Å². The van der Waals surface area contributed by atoms with Crippen LogP contribution in [0.2, 0.25) is 0 Å². The third-order valence-electron chi connectivity index (χ3n) is 2.62. The molecule has 5 heteroatoms. The van der Waals surface area contributed by atoms with E-state index >= 15 is 0 Å². The molecule has 1 aliphatic rings. The predicted octanol–water partition coefficient (Wildman–Crippen LogP) is 2.70. The van der Waals surface area contributed by atoms with Gasteiger partial charge in [-0.3, -0.25) is 15.0 Å². The monoisotopic (exact) mass is 264 g/mol. The molecule has 2 N–H and O–H groups in total. The molecule has 0 spiro atoms. The van der Waals surface area contributed by atoms with E-state index in [9.17, 15) is 0 Å². The Labute approximate surface area is 111 Å². The van der Waals surface area contributed by atoms with Crippen LogP contribution >= 0.6 is 10.5 Å². The quantitative estimate of drug-likeness (QED) is 0.618. The Morgan fingerprint density at radius 3 is 1.83 bits per heavy atom. The molecular formula is C13H20N4S. The highest BCUT2D eigenvalue weighted by molar-refractivity contribution is 8.20. The molecule has 0 amide bonds. The molecule has 0 aromatic heterocycles. The van der Waals surface area contributed by atoms with Gasteiger partial charge in [0.1, 0.15) is 10.7 Å². The van der Waals surface area contributed by atoms with Crippen LogP contribution in [0.1, 0.15) is 27.7 Å². The van der Waals surface area contributed by atoms with Crippen LogP contribution in [0.5, 0.6) is 0 Å². The second-order valence-electron chi connectivity index (χ2n) is 4.87. The van der Waals surface area contributed by atoms with Gasteiger partial charge in [-0.15, -0.1) is 10.5 Å². The minimum absolute atomic E-state index is 0.00676. The van der Waals surface area contributed by atoms with E-state index < -0.39 is 0 Å². The lowest BCUT2D eigenvalue weighted by Crippen LogP contribution is -2.22. The Morgan fingerprint density at radius 2 is 1.50 bits per heavy atom. The summed E-state index contributed by atoms with van der Waals surface area (Å²) in [6, 6.07) is 0. The van der Waals surface area contributed by atoms with Crippen molar-refractivity contribution in [2.45, 2.75) is 32.4 Å². The SMILES string of the molecule is C=NC1=C(N)C(N=C)=C(N=C)S(C(C)(C)C)=C1C. The van der Waals surface area contributed by atoms with Gasteiger partial charge < -0.3 is 5.73 Å². The minimum atomic E-state index is -0.263. The van der Waals surface area contributed by atoms with Gasteiger partial charge in [0, 0.05) is 9.61 Å². The molecule has 1 rings (SSSR count). The molecule has 1 unspecified atom stereocenters. The smallest absolute Gasteiger partial charge is 0.119 e. The zero-order valence-corrected chi connectivity index (χ0v) is 12.3. The van der Waals surface area contributed by atoms with Crippen LogP contribution in [0.4, 0.5) is 0 Å².